The van der Waals surface area contributed by atoms with Crippen molar-refractivity contribution in [3.05, 3.63) is 18.0 Å². The molecule has 1 aromatic rings. The molecule has 62 valence electrons. The average Bonchev–Trinajstić information content (AvgIpc) is 2.50. The Morgan fingerprint density at radius 3 is 3.09 bits per heavy atom. The molecule has 0 aromatic carbocycles. The van der Waals surface area contributed by atoms with Gasteiger partial charge in [-0.3, -0.25) is 9.52 Å². The van der Waals surface area contributed by atoms with Crippen molar-refractivity contribution < 1.29 is 4.84 Å². The fraction of sp³-hybridized carbons (Fsp3) is 0.571. The first-order valence-electron chi connectivity index (χ1n) is 3.66. The van der Waals surface area contributed by atoms with Crippen molar-refractivity contribution in [2.75, 3.05) is 0 Å². The molecule has 4 heteroatoms. The predicted molar refractivity (Wildman–Crippen MR) is 41.6 cm³/mol. The van der Waals surface area contributed by atoms with Gasteiger partial charge in [0.05, 0.1) is 5.69 Å². The molecule has 0 spiro atoms. The molecule has 1 aromatic heterocycles. The van der Waals surface area contributed by atoms with E-state index in [-0.39, 0.29) is 6.10 Å². The smallest absolute Gasteiger partial charge is 0.117 e. The lowest BCUT2D eigenvalue weighted by atomic mass is 10.3. The number of nitrogens with two attached hydrogens (primary N) is 1. The summed E-state index contributed by atoms with van der Waals surface area (Å²) in [6.45, 7) is 4.76. The van der Waals surface area contributed by atoms with E-state index >= 15 is 0 Å². The van der Waals surface area contributed by atoms with E-state index in [0.717, 1.165) is 12.2 Å². The minimum absolute atomic E-state index is 0.0857. The highest BCUT2D eigenvalue weighted by atomic mass is 16.6. The highest BCUT2D eigenvalue weighted by Crippen LogP contribution is 2.13. The van der Waals surface area contributed by atoms with Crippen LogP contribution in [0.1, 0.15) is 25.6 Å². The predicted octanol–water partition coefficient (Wildman–Crippen LogP) is 0.854. The van der Waals surface area contributed by atoms with Crippen LogP contribution in [0.4, 0.5) is 0 Å². The highest BCUT2D eigenvalue weighted by Gasteiger charge is 2.08. The largest absolute Gasteiger partial charge is 0.295 e. The second kappa shape index (κ2) is 3.50. The second-order valence-corrected chi connectivity index (χ2v) is 2.35. The SMILES string of the molecule is CCn1nccc1C(C)ON. The fourth-order valence-electron chi connectivity index (χ4n) is 1.02. The maximum absolute atomic E-state index is 5.05. The van der Waals surface area contributed by atoms with Crippen molar-refractivity contribution in [1.82, 2.24) is 9.78 Å². The first-order chi connectivity index (χ1) is 5.29. The van der Waals surface area contributed by atoms with E-state index < -0.39 is 0 Å². The maximum Gasteiger partial charge on any atom is 0.117 e. The van der Waals surface area contributed by atoms with Crippen LogP contribution in [0, 0.1) is 0 Å². The number of rotatable bonds is 3. The lowest BCUT2D eigenvalue weighted by molar-refractivity contribution is 0.0601. The third-order valence-electron chi connectivity index (χ3n) is 1.67. The van der Waals surface area contributed by atoms with E-state index in [1.54, 1.807) is 6.20 Å². The quantitative estimate of drug-likeness (QED) is 0.658. The van der Waals surface area contributed by atoms with Gasteiger partial charge < -0.3 is 0 Å². The Morgan fingerprint density at radius 1 is 1.82 bits per heavy atom. The molecule has 0 fully saturated rings. The Kier molecular flexibility index (Phi) is 2.62. The van der Waals surface area contributed by atoms with Crippen LogP contribution in [0.15, 0.2) is 12.3 Å². The van der Waals surface area contributed by atoms with E-state index in [0.29, 0.717) is 0 Å². The van der Waals surface area contributed by atoms with Gasteiger partial charge in [0, 0.05) is 12.7 Å². The molecule has 0 aliphatic heterocycles. The van der Waals surface area contributed by atoms with E-state index in [4.69, 9.17) is 5.90 Å². The Morgan fingerprint density at radius 2 is 2.55 bits per heavy atom. The van der Waals surface area contributed by atoms with Crippen LogP contribution >= 0.6 is 0 Å². The number of nitrogens with zero attached hydrogens (tertiary/aromatic N) is 2. The first-order valence-corrected chi connectivity index (χ1v) is 3.66. The first kappa shape index (κ1) is 8.23. The van der Waals surface area contributed by atoms with Gasteiger partial charge in [-0.1, -0.05) is 0 Å². The molecule has 4 nitrogen and oxygen atoms in total. The normalized spacial score (nSPS) is 13.4. The number of aryl methyl sites for hydroxylation is 1. The minimum Gasteiger partial charge on any atom is -0.295 e. The van der Waals surface area contributed by atoms with Crippen LogP contribution < -0.4 is 5.90 Å². The number of hydrogen-bond acceptors (Lipinski definition) is 3. The lowest BCUT2D eigenvalue weighted by Gasteiger charge is -2.09. The summed E-state index contributed by atoms with van der Waals surface area (Å²) >= 11 is 0. The van der Waals surface area contributed by atoms with Crippen molar-refractivity contribution in [2.45, 2.75) is 26.5 Å². The summed E-state index contributed by atoms with van der Waals surface area (Å²) in [5, 5.41) is 4.08. The molecule has 0 radical (unpaired) electrons. The molecule has 1 rings (SSSR count). The highest BCUT2D eigenvalue weighted by molar-refractivity contribution is 5.03. The van der Waals surface area contributed by atoms with Gasteiger partial charge in [-0.25, -0.2) is 5.90 Å². The molecular weight excluding hydrogens is 142 g/mol. The molecule has 1 unspecified atom stereocenters. The molecule has 0 bridgehead atoms. The Bertz CT molecular complexity index is 221. The molecule has 11 heavy (non-hydrogen) atoms. The van der Waals surface area contributed by atoms with E-state index in [9.17, 15) is 0 Å². The van der Waals surface area contributed by atoms with Crippen LogP contribution in [-0.4, -0.2) is 9.78 Å². The van der Waals surface area contributed by atoms with Crippen LogP contribution in [0.3, 0.4) is 0 Å². The van der Waals surface area contributed by atoms with Crippen molar-refractivity contribution in [1.29, 1.82) is 0 Å². The van der Waals surface area contributed by atoms with Gasteiger partial charge in [0.1, 0.15) is 6.10 Å². The molecule has 1 atom stereocenters. The molecule has 0 saturated carbocycles. The van der Waals surface area contributed by atoms with Crippen molar-refractivity contribution in [2.24, 2.45) is 5.90 Å². The van der Waals surface area contributed by atoms with Crippen LogP contribution in [0.25, 0.3) is 0 Å². The average molecular weight is 155 g/mol. The Balaban J connectivity index is 2.83. The summed E-state index contributed by atoms with van der Waals surface area (Å²) in [6, 6.07) is 1.90. The molecule has 0 amide bonds. The van der Waals surface area contributed by atoms with Gasteiger partial charge in [0.15, 0.2) is 0 Å². The van der Waals surface area contributed by atoms with E-state index in [1.807, 2.05) is 24.6 Å². The van der Waals surface area contributed by atoms with Gasteiger partial charge in [-0.2, -0.15) is 5.10 Å². The Labute approximate surface area is 65.9 Å². The van der Waals surface area contributed by atoms with E-state index in [2.05, 4.69) is 9.94 Å². The summed E-state index contributed by atoms with van der Waals surface area (Å²) in [6.07, 6.45) is 1.66. The van der Waals surface area contributed by atoms with E-state index in [1.165, 1.54) is 0 Å². The fourth-order valence-corrected chi connectivity index (χ4v) is 1.02. The number of aromatic nitrogens is 2. The molecule has 0 aliphatic rings. The zero-order valence-corrected chi connectivity index (χ0v) is 6.82. The summed E-state index contributed by atoms with van der Waals surface area (Å²) < 4.78 is 1.86. The second-order valence-electron chi connectivity index (χ2n) is 2.35. The zero-order valence-electron chi connectivity index (χ0n) is 6.82. The lowest BCUT2D eigenvalue weighted by Crippen LogP contribution is -2.11. The molecular formula is C7H13N3O. The summed E-state index contributed by atoms with van der Waals surface area (Å²) in [4.78, 5) is 4.68. The van der Waals surface area contributed by atoms with Crippen LogP contribution in [0.5, 0.6) is 0 Å². The van der Waals surface area contributed by atoms with Crippen molar-refractivity contribution >= 4 is 0 Å². The van der Waals surface area contributed by atoms with Gasteiger partial charge in [0.2, 0.25) is 0 Å². The van der Waals surface area contributed by atoms with Gasteiger partial charge in [0.25, 0.3) is 0 Å². The monoisotopic (exact) mass is 155 g/mol. The standard InChI is InChI=1S/C7H13N3O/c1-3-10-7(4-5-9-10)6(2)11-8/h4-6H,3,8H2,1-2H3. The third-order valence-corrected chi connectivity index (χ3v) is 1.67. The van der Waals surface area contributed by atoms with Crippen molar-refractivity contribution in [3.63, 3.8) is 0 Å². The molecule has 0 aliphatic carbocycles. The third kappa shape index (κ3) is 1.58. The molecule has 2 N–H and O–H groups in total. The zero-order chi connectivity index (χ0) is 8.27. The summed E-state index contributed by atoms with van der Waals surface area (Å²) in [5.41, 5.74) is 1.01. The number of hydrogen-bond donors (Lipinski definition) is 1. The summed E-state index contributed by atoms with van der Waals surface area (Å²) in [7, 11) is 0. The topological polar surface area (TPSA) is 53.1 Å². The Hall–Kier alpha value is -0.870. The van der Waals surface area contributed by atoms with Crippen molar-refractivity contribution in [3.8, 4) is 0 Å². The maximum atomic E-state index is 5.05. The van der Waals surface area contributed by atoms with Gasteiger partial charge in [-0.15, -0.1) is 0 Å². The van der Waals surface area contributed by atoms with Gasteiger partial charge >= 0.3 is 0 Å². The van der Waals surface area contributed by atoms with Gasteiger partial charge in [-0.05, 0) is 19.9 Å². The van der Waals surface area contributed by atoms with Crippen LogP contribution in [0.2, 0.25) is 0 Å². The minimum atomic E-state index is -0.0857. The molecule has 1 heterocycles. The molecule has 0 saturated heterocycles. The van der Waals surface area contributed by atoms with Crippen LogP contribution in [-0.2, 0) is 11.4 Å². The summed E-state index contributed by atoms with van der Waals surface area (Å²) in [5.74, 6) is 5.05.